The molecule has 2 nitrogen and oxygen atoms in total. The van der Waals surface area contributed by atoms with Crippen molar-refractivity contribution in [3.8, 4) is 5.75 Å². The molecule has 0 amide bonds. The number of alkyl halides is 1. The smallest absolute Gasteiger partial charge is 0.119 e. The molecule has 0 aliphatic rings. The molecule has 0 spiro atoms. The largest absolute Gasteiger partial charge is 0.497 e. The van der Waals surface area contributed by atoms with E-state index in [0.29, 0.717) is 0 Å². The van der Waals surface area contributed by atoms with Crippen molar-refractivity contribution in [3.63, 3.8) is 0 Å². The summed E-state index contributed by atoms with van der Waals surface area (Å²) in [4.78, 5) is 0. The van der Waals surface area contributed by atoms with Gasteiger partial charge in [0.15, 0.2) is 0 Å². The summed E-state index contributed by atoms with van der Waals surface area (Å²) in [7, 11) is 1.67. The Hall–Kier alpha value is -1.03. The van der Waals surface area contributed by atoms with Crippen molar-refractivity contribution in [2.75, 3.05) is 13.7 Å². The van der Waals surface area contributed by atoms with Gasteiger partial charge < -0.3 is 10.1 Å². The van der Waals surface area contributed by atoms with Crippen LogP contribution in [0.15, 0.2) is 53.0 Å². The van der Waals surface area contributed by atoms with Crippen LogP contribution < -0.4 is 10.1 Å². The second-order valence-electron chi connectivity index (χ2n) is 4.47. The zero-order chi connectivity index (χ0) is 14.4. The molecule has 2 aromatic carbocycles. The normalized spacial score (nSPS) is 12.2. The minimum Gasteiger partial charge on any atom is -0.497 e. The Bertz CT molecular complexity index is 547. The van der Waals surface area contributed by atoms with Crippen LogP contribution in [0.1, 0.15) is 16.5 Å². The molecule has 0 fully saturated rings. The molecule has 0 radical (unpaired) electrons. The van der Waals surface area contributed by atoms with Crippen molar-refractivity contribution in [3.05, 3.63) is 64.1 Å². The van der Waals surface area contributed by atoms with Crippen molar-refractivity contribution in [2.45, 2.75) is 11.9 Å². The van der Waals surface area contributed by atoms with E-state index in [1.807, 2.05) is 48.5 Å². The van der Waals surface area contributed by atoms with E-state index in [1.165, 1.54) is 0 Å². The summed E-state index contributed by atoms with van der Waals surface area (Å²) in [5.41, 5.74) is 2.28. The van der Waals surface area contributed by atoms with Crippen molar-refractivity contribution >= 4 is 27.5 Å². The van der Waals surface area contributed by atoms with Gasteiger partial charge >= 0.3 is 0 Å². The fraction of sp³-hybridized carbons (Fsp3) is 0.250. The maximum absolute atomic E-state index is 6.37. The quantitative estimate of drug-likeness (QED) is 0.770. The molecule has 20 heavy (non-hydrogen) atoms. The Labute approximate surface area is 133 Å². The molecule has 1 atom stereocenters. The summed E-state index contributed by atoms with van der Waals surface area (Å²) >= 11 is 9.92. The second kappa shape index (κ2) is 7.67. The van der Waals surface area contributed by atoms with Gasteiger partial charge in [0.2, 0.25) is 0 Å². The number of benzene rings is 2. The fourth-order valence-electron chi connectivity index (χ4n) is 1.93. The van der Waals surface area contributed by atoms with Crippen molar-refractivity contribution in [2.24, 2.45) is 0 Å². The van der Waals surface area contributed by atoms with E-state index < -0.39 is 0 Å². The maximum atomic E-state index is 6.37. The summed E-state index contributed by atoms with van der Waals surface area (Å²) in [5.74, 6) is 0.857. The zero-order valence-corrected chi connectivity index (χ0v) is 13.6. The first-order valence-corrected chi connectivity index (χ1v) is 7.66. The molecule has 0 saturated carbocycles. The lowest BCUT2D eigenvalue weighted by Gasteiger charge is -2.12. The molecule has 4 heteroatoms. The Morgan fingerprint density at radius 3 is 2.65 bits per heavy atom. The molecule has 2 aromatic rings. The van der Waals surface area contributed by atoms with E-state index in [1.54, 1.807) is 7.11 Å². The third-order valence-corrected chi connectivity index (χ3v) is 4.23. The van der Waals surface area contributed by atoms with Crippen LogP contribution in [0.2, 0.25) is 0 Å². The van der Waals surface area contributed by atoms with E-state index >= 15 is 0 Å². The van der Waals surface area contributed by atoms with Gasteiger partial charge in [0.25, 0.3) is 0 Å². The molecule has 106 valence electrons. The molecule has 0 aliphatic carbocycles. The number of hydrogen-bond donors (Lipinski definition) is 1. The average molecular weight is 355 g/mol. The van der Waals surface area contributed by atoms with Gasteiger partial charge in [-0.15, -0.1) is 11.6 Å². The summed E-state index contributed by atoms with van der Waals surface area (Å²) < 4.78 is 6.30. The third-order valence-electron chi connectivity index (χ3n) is 3.05. The number of rotatable bonds is 6. The highest BCUT2D eigenvalue weighted by atomic mass is 79.9. The molecular formula is C16H17BrClNO. The van der Waals surface area contributed by atoms with Gasteiger partial charge in [0.05, 0.1) is 12.5 Å². The first kappa shape index (κ1) is 15.4. The molecule has 0 saturated heterocycles. The van der Waals surface area contributed by atoms with Gasteiger partial charge in [-0.3, -0.25) is 0 Å². The van der Waals surface area contributed by atoms with Gasteiger partial charge in [0, 0.05) is 17.6 Å². The fourth-order valence-corrected chi connectivity index (χ4v) is 2.57. The average Bonchev–Trinajstić information content (AvgIpc) is 2.50. The van der Waals surface area contributed by atoms with E-state index in [-0.39, 0.29) is 5.38 Å². The highest BCUT2D eigenvalue weighted by Crippen LogP contribution is 2.23. The Morgan fingerprint density at radius 1 is 1.20 bits per heavy atom. The highest BCUT2D eigenvalue weighted by Gasteiger charge is 2.07. The lowest BCUT2D eigenvalue weighted by Crippen LogP contribution is -2.18. The van der Waals surface area contributed by atoms with Crippen LogP contribution in [0.25, 0.3) is 0 Å². The molecule has 1 unspecified atom stereocenters. The lowest BCUT2D eigenvalue weighted by atomic mass is 10.1. The minimum absolute atomic E-state index is 0.0272. The number of nitrogens with one attached hydrogen (secondary N) is 1. The number of methoxy groups -OCH3 is 1. The van der Waals surface area contributed by atoms with Crippen molar-refractivity contribution < 1.29 is 4.74 Å². The molecular weight excluding hydrogens is 338 g/mol. The van der Waals surface area contributed by atoms with Crippen molar-refractivity contribution in [1.29, 1.82) is 0 Å². The maximum Gasteiger partial charge on any atom is 0.119 e. The van der Waals surface area contributed by atoms with E-state index in [2.05, 4.69) is 21.2 Å². The molecule has 1 N–H and O–H groups in total. The second-order valence-corrected chi connectivity index (χ2v) is 5.85. The molecule has 0 heterocycles. The SMILES string of the molecule is COc1ccc(Br)c(CNCC(Cl)c2ccccc2)c1. The van der Waals surface area contributed by atoms with E-state index in [0.717, 1.165) is 34.4 Å². The summed E-state index contributed by atoms with van der Waals surface area (Å²) in [6, 6.07) is 16.0. The standard InChI is InChI=1S/C16H17BrClNO/c1-20-14-7-8-15(17)13(9-14)10-19-11-16(18)12-5-3-2-4-6-12/h2-9,16,19H,10-11H2,1H3. The van der Waals surface area contributed by atoms with Crippen molar-refractivity contribution in [1.82, 2.24) is 5.32 Å². The molecule has 0 aliphatic heterocycles. The van der Waals surface area contributed by atoms with E-state index in [4.69, 9.17) is 16.3 Å². The first-order valence-electron chi connectivity index (χ1n) is 6.43. The Kier molecular flexibility index (Phi) is 5.89. The van der Waals surface area contributed by atoms with E-state index in [9.17, 15) is 0 Å². The van der Waals surface area contributed by atoms with Gasteiger partial charge in [-0.2, -0.15) is 0 Å². The summed E-state index contributed by atoms with van der Waals surface area (Å²) in [5, 5.41) is 3.35. The topological polar surface area (TPSA) is 21.3 Å². The Morgan fingerprint density at radius 2 is 1.95 bits per heavy atom. The minimum atomic E-state index is -0.0272. The van der Waals surface area contributed by atoms with Crippen LogP contribution in [0, 0.1) is 0 Å². The number of ether oxygens (including phenoxy) is 1. The van der Waals surface area contributed by atoms with Gasteiger partial charge in [-0.25, -0.2) is 0 Å². The predicted molar refractivity (Wildman–Crippen MR) is 87.4 cm³/mol. The van der Waals surface area contributed by atoms with Crippen LogP contribution in [-0.4, -0.2) is 13.7 Å². The van der Waals surface area contributed by atoms with Crippen LogP contribution in [0.5, 0.6) is 5.75 Å². The zero-order valence-electron chi connectivity index (χ0n) is 11.3. The van der Waals surface area contributed by atoms with Gasteiger partial charge in [-0.05, 0) is 29.3 Å². The molecule has 2 rings (SSSR count). The summed E-state index contributed by atoms with van der Waals surface area (Å²) in [6.45, 7) is 1.46. The van der Waals surface area contributed by atoms with Crippen LogP contribution in [0.4, 0.5) is 0 Å². The summed E-state index contributed by atoms with van der Waals surface area (Å²) in [6.07, 6.45) is 0. The Balaban J connectivity index is 1.90. The number of hydrogen-bond acceptors (Lipinski definition) is 2. The molecule has 0 bridgehead atoms. The monoisotopic (exact) mass is 353 g/mol. The number of halogens is 2. The van der Waals surface area contributed by atoms with Crippen LogP contribution in [0.3, 0.4) is 0 Å². The van der Waals surface area contributed by atoms with Crippen LogP contribution >= 0.6 is 27.5 Å². The van der Waals surface area contributed by atoms with Gasteiger partial charge in [-0.1, -0.05) is 46.3 Å². The predicted octanol–water partition coefficient (Wildman–Crippen LogP) is 4.53. The molecule has 0 aromatic heterocycles. The third kappa shape index (κ3) is 4.23. The van der Waals surface area contributed by atoms with Gasteiger partial charge in [0.1, 0.15) is 5.75 Å². The van der Waals surface area contributed by atoms with Crippen LogP contribution in [-0.2, 0) is 6.54 Å². The highest BCUT2D eigenvalue weighted by molar-refractivity contribution is 9.10. The lowest BCUT2D eigenvalue weighted by molar-refractivity contribution is 0.414. The first-order chi connectivity index (χ1) is 9.70.